The number of aliphatic hydroxyl groups is 1. The number of aromatic amines is 1. The SMILES string of the molecule is CCCC(O)Cc1nc[nH]n1. The van der Waals surface area contributed by atoms with E-state index in [9.17, 15) is 5.11 Å². The van der Waals surface area contributed by atoms with Crippen LogP contribution in [0.2, 0.25) is 0 Å². The average molecular weight is 155 g/mol. The minimum atomic E-state index is -0.296. The van der Waals surface area contributed by atoms with Crippen LogP contribution in [0.25, 0.3) is 0 Å². The normalized spacial score (nSPS) is 13.3. The molecule has 0 saturated carbocycles. The summed E-state index contributed by atoms with van der Waals surface area (Å²) in [5.74, 6) is 0.686. The summed E-state index contributed by atoms with van der Waals surface area (Å²) in [7, 11) is 0. The van der Waals surface area contributed by atoms with Gasteiger partial charge in [0.1, 0.15) is 6.33 Å². The number of aromatic nitrogens is 3. The molecule has 1 rings (SSSR count). The van der Waals surface area contributed by atoms with E-state index in [1.54, 1.807) is 0 Å². The molecule has 0 aromatic carbocycles. The average Bonchev–Trinajstić information content (AvgIpc) is 2.40. The second-order valence-electron chi connectivity index (χ2n) is 2.56. The molecule has 0 aliphatic rings. The fourth-order valence-electron chi connectivity index (χ4n) is 0.980. The molecule has 2 N–H and O–H groups in total. The lowest BCUT2D eigenvalue weighted by atomic mass is 10.1. The van der Waals surface area contributed by atoms with Crippen molar-refractivity contribution in [3.05, 3.63) is 12.2 Å². The summed E-state index contributed by atoms with van der Waals surface area (Å²) in [6, 6.07) is 0. The van der Waals surface area contributed by atoms with Crippen molar-refractivity contribution < 1.29 is 5.11 Å². The van der Waals surface area contributed by atoms with Crippen LogP contribution in [0, 0.1) is 0 Å². The predicted octanol–water partition coefficient (Wildman–Crippen LogP) is 0.508. The summed E-state index contributed by atoms with van der Waals surface area (Å²) < 4.78 is 0. The lowest BCUT2D eigenvalue weighted by molar-refractivity contribution is 0.161. The van der Waals surface area contributed by atoms with Gasteiger partial charge >= 0.3 is 0 Å². The van der Waals surface area contributed by atoms with E-state index in [2.05, 4.69) is 15.2 Å². The van der Waals surface area contributed by atoms with Crippen LogP contribution in [0.15, 0.2) is 6.33 Å². The van der Waals surface area contributed by atoms with Gasteiger partial charge in [0.2, 0.25) is 0 Å². The summed E-state index contributed by atoms with van der Waals surface area (Å²) in [6.07, 6.45) is 3.58. The van der Waals surface area contributed by atoms with Crippen LogP contribution < -0.4 is 0 Å². The Morgan fingerprint density at radius 1 is 1.73 bits per heavy atom. The standard InChI is InChI=1S/C7H13N3O/c1-2-3-6(11)4-7-8-5-9-10-7/h5-6,11H,2-4H2,1H3,(H,8,9,10). The molecule has 1 unspecified atom stereocenters. The number of hydrogen-bond donors (Lipinski definition) is 2. The topological polar surface area (TPSA) is 61.8 Å². The van der Waals surface area contributed by atoms with Crippen LogP contribution >= 0.6 is 0 Å². The van der Waals surface area contributed by atoms with Gasteiger partial charge in [0.25, 0.3) is 0 Å². The van der Waals surface area contributed by atoms with Crippen molar-refractivity contribution >= 4 is 0 Å². The van der Waals surface area contributed by atoms with Crippen LogP contribution in [0.5, 0.6) is 0 Å². The molecule has 0 aliphatic heterocycles. The van der Waals surface area contributed by atoms with Crippen LogP contribution in [0.1, 0.15) is 25.6 Å². The van der Waals surface area contributed by atoms with Gasteiger partial charge in [-0.2, -0.15) is 5.10 Å². The first kappa shape index (κ1) is 8.20. The van der Waals surface area contributed by atoms with Crippen molar-refractivity contribution in [2.45, 2.75) is 32.3 Å². The molecule has 0 amide bonds. The smallest absolute Gasteiger partial charge is 0.152 e. The van der Waals surface area contributed by atoms with Crippen molar-refractivity contribution in [3.63, 3.8) is 0 Å². The fourth-order valence-corrected chi connectivity index (χ4v) is 0.980. The Morgan fingerprint density at radius 3 is 3.09 bits per heavy atom. The molecule has 0 saturated heterocycles. The first-order valence-corrected chi connectivity index (χ1v) is 3.85. The van der Waals surface area contributed by atoms with Crippen LogP contribution in [0.3, 0.4) is 0 Å². The fraction of sp³-hybridized carbons (Fsp3) is 0.714. The highest BCUT2D eigenvalue weighted by atomic mass is 16.3. The van der Waals surface area contributed by atoms with E-state index in [0.717, 1.165) is 12.8 Å². The second-order valence-corrected chi connectivity index (χ2v) is 2.56. The largest absolute Gasteiger partial charge is 0.393 e. The van der Waals surface area contributed by atoms with Gasteiger partial charge in [-0.25, -0.2) is 4.98 Å². The highest BCUT2D eigenvalue weighted by molar-refractivity contribution is 4.82. The van der Waals surface area contributed by atoms with Gasteiger partial charge in [-0.1, -0.05) is 13.3 Å². The highest BCUT2D eigenvalue weighted by Gasteiger charge is 2.05. The molecule has 0 fully saturated rings. The van der Waals surface area contributed by atoms with Crippen molar-refractivity contribution in [2.75, 3.05) is 0 Å². The Labute approximate surface area is 65.7 Å². The summed E-state index contributed by atoms with van der Waals surface area (Å²) in [5, 5.41) is 15.8. The molecule has 11 heavy (non-hydrogen) atoms. The van der Waals surface area contributed by atoms with E-state index < -0.39 is 0 Å². The quantitative estimate of drug-likeness (QED) is 0.666. The van der Waals surface area contributed by atoms with Crippen molar-refractivity contribution in [1.82, 2.24) is 15.2 Å². The number of aliphatic hydroxyl groups excluding tert-OH is 1. The van der Waals surface area contributed by atoms with Gasteiger partial charge in [-0.3, -0.25) is 5.10 Å². The molecule has 1 atom stereocenters. The molecule has 4 heteroatoms. The lowest BCUT2D eigenvalue weighted by Crippen LogP contribution is -2.10. The molecule has 1 aromatic rings. The van der Waals surface area contributed by atoms with E-state index in [-0.39, 0.29) is 6.10 Å². The Bertz CT molecular complexity index is 186. The van der Waals surface area contributed by atoms with Crippen molar-refractivity contribution in [3.8, 4) is 0 Å². The third-order valence-corrected chi connectivity index (χ3v) is 1.51. The zero-order valence-electron chi connectivity index (χ0n) is 6.62. The summed E-state index contributed by atoms with van der Waals surface area (Å²) in [5.41, 5.74) is 0. The summed E-state index contributed by atoms with van der Waals surface area (Å²) >= 11 is 0. The highest BCUT2D eigenvalue weighted by Crippen LogP contribution is 2.01. The summed E-state index contributed by atoms with van der Waals surface area (Å²) in [4.78, 5) is 3.91. The maximum absolute atomic E-state index is 9.33. The van der Waals surface area contributed by atoms with Crippen molar-refractivity contribution in [1.29, 1.82) is 0 Å². The lowest BCUT2D eigenvalue weighted by Gasteiger charge is -2.04. The Balaban J connectivity index is 2.31. The van der Waals surface area contributed by atoms with Gasteiger partial charge in [-0.15, -0.1) is 0 Å². The van der Waals surface area contributed by atoms with E-state index in [0.29, 0.717) is 12.2 Å². The van der Waals surface area contributed by atoms with Crippen LogP contribution in [-0.4, -0.2) is 26.4 Å². The van der Waals surface area contributed by atoms with E-state index >= 15 is 0 Å². The number of hydrogen-bond acceptors (Lipinski definition) is 3. The van der Waals surface area contributed by atoms with Gasteiger partial charge in [-0.05, 0) is 6.42 Å². The Hall–Kier alpha value is -0.900. The molecule has 0 spiro atoms. The maximum atomic E-state index is 9.33. The van der Waals surface area contributed by atoms with E-state index in [4.69, 9.17) is 0 Å². The molecule has 1 aromatic heterocycles. The first-order valence-electron chi connectivity index (χ1n) is 3.85. The maximum Gasteiger partial charge on any atom is 0.152 e. The van der Waals surface area contributed by atoms with Gasteiger partial charge < -0.3 is 5.11 Å². The molecule has 0 bridgehead atoms. The van der Waals surface area contributed by atoms with E-state index in [1.807, 2.05) is 6.92 Å². The Kier molecular flexibility index (Phi) is 3.04. The van der Waals surface area contributed by atoms with Crippen LogP contribution in [0.4, 0.5) is 0 Å². The number of nitrogens with zero attached hydrogens (tertiary/aromatic N) is 2. The number of rotatable bonds is 4. The molecule has 1 heterocycles. The van der Waals surface area contributed by atoms with E-state index in [1.165, 1.54) is 6.33 Å². The monoisotopic (exact) mass is 155 g/mol. The molecular weight excluding hydrogens is 142 g/mol. The minimum Gasteiger partial charge on any atom is -0.393 e. The van der Waals surface area contributed by atoms with Gasteiger partial charge in [0, 0.05) is 6.42 Å². The second kappa shape index (κ2) is 4.08. The number of H-pyrrole nitrogens is 1. The molecular formula is C7H13N3O. The molecule has 0 aliphatic carbocycles. The zero-order valence-corrected chi connectivity index (χ0v) is 6.62. The first-order chi connectivity index (χ1) is 5.33. The summed E-state index contributed by atoms with van der Waals surface area (Å²) in [6.45, 7) is 2.04. The predicted molar refractivity (Wildman–Crippen MR) is 41.0 cm³/mol. The third kappa shape index (κ3) is 2.67. The molecule has 4 nitrogen and oxygen atoms in total. The zero-order chi connectivity index (χ0) is 8.10. The third-order valence-electron chi connectivity index (χ3n) is 1.51. The van der Waals surface area contributed by atoms with Gasteiger partial charge in [0.05, 0.1) is 6.10 Å². The molecule has 62 valence electrons. The van der Waals surface area contributed by atoms with Crippen LogP contribution in [-0.2, 0) is 6.42 Å². The minimum absolute atomic E-state index is 0.296. The molecule has 0 radical (unpaired) electrons. The van der Waals surface area contributed by atoms with Gasteiger partial charge in [0.15, 0.2) is 5.82 Å². The van der Waals surface area contributed by atoms with Crippen molar-refractivity contribution in [2.24, 2.45) is 0 Å². The number of nitrogens with one attached hydrogen (secondary N) is 1. The Morgan fingerprint density at radius 2 is 2.55 bits per heavy atom.